The van der Waals surface area contributed by atoms with Crippen LogP contribution in [0.3, 0.4) is 0 Å². The molecule has 1 aromatic carbocycles. The average molecular weight is 441 g/mol. The third-order valence-electron chi connectivity index (χ3n) is 5.62. The molecule has 0 aliphatic carbocycles. The molecule has 33 heavy (non-hydrogen) atoms. The first-order valence-corrected chi connectivity index (χ1v) is 10.5. The molecule has 1 aliphatic heterocycles. The zero-order chi connectivity index (χ0) is 23.4. The molecule has 0 amide bonds. The Morgan fingerprint density at radius 1 is 1.18 bits per heavy atom. The maximum Gasteiger partial charge on any atom is 0.147 e. The number of nitrogen functional groups attached to an aromatic ring is 1. The topological polar surface area (TPSA) is 102 Å². The van der Waals surface area contributed by atoms with Crippen molar-refractivity contribution in [2.24, 2.45) is 0 Å². The van der Waals surface area contributed by atoms with E-state index in [2.05, 4.69) is 39.6 Å². The van der Waals surface area contributed by atoms with Crippen LogP contribution in [0.15, 0.2) is 24.4 Å². The van der Waals surface area contributed by atoms with E-state index in [1.54, 1.807) is 20.3 Å². The number of hydrogen-bond donors (Lipinski definition) is 1. The summed E-state index contributed by atoms with van der Waals surface area (Å²) in [5, 5.41) is 15.1. The summed E-state index contributed by atoms with van der Waals surface area (Å²) in [6.07, 6.45) is 2.39. The Labute approximate surface area is 192 Å². The van der Waals surface area contributed by atoms with E-state index in [4.69, 9.17) is 20.3 Å². The minimum atomic E-state index is 0.0903. The lowest BCUT2D eigenvalue weighted by atomic mass is 10.1. The van der Waals surface area contributed by atoms with Gasteiger partial charge in [-0.05, 0) is 31.4 Å². The molecule has 2 aromatic heterocycles. The van der Waals surface area contributed by atoms with Gasteiger partial charge in [-0.15, -0.1) is 5.92 Å². The molecular weight excluding hydrogens is 416 g/mol. The van der Waals surface area contributed by atoms with E-state index in [1.165, 1.54) is 6.20 Å². The second kappa shape index (κ2) is 9.53. The number of nitrogens with zero attached hydrogens (tertiary/aromatic N) is 5. The molecule has 4 rings (SSSR count). The van der Waals surface area contributed by atoms with Gasteiger partial charge in [-0.3, -0.25) is 9.58 Å². The van der Waals surface area contributed by atoms with Crippen molar-refractivity contribution in [2.75, 3.05) is 39.6 Å². The number of likely N-dealkylation sites (tertiary alicyclic amines) is 1. The van der Waals surface area contributed by atoms with E-state index in [0.29, 0.717) is 51.6 Å². The second-order valence-corrected chi connectivity index (χ2v) is 7.64. The highest BCUT2D eigenvalue weighted by Crippen LogP contribution is 2.31. The van der Waals surface area contributed by atoms with Gasteiger partial charge in [0.2, 0.25) is 0 Å². The highest BCUT2D eigenvalue weighted by molar-refractivity contribution is 5.96. The zero-order valence-electron chi connectivity index (χ0n) is 18.8. The van der Waals surface area contributed by atoms with Crippen molar-refractivity contribution in [1.29, 1.82) is 5.26 Å². The molecule has 1 unspecified atom stereocenters. The maximum atomic E-state index is 9.73. The van der Waals surface area contributed by atoms with Gasteiger partial charge in [-0.1, -0.05) is 11.8 Å². The molecule has 1 saturated heterocycles. The summed E-state index contributed by atoms with van der Waals surface area (Å²) in [5.41, 5.74) is 8.53. The van der Waals surface area contributed by atoms with Gasteiger partial charge < -0.3 is 15.2 Å². The van der Waals surface area contributed by atoms with Crippen molar-refractivity contribution in [3.63, 3.8) is 0 Å². The first kappa shape index (κ1) is 22.0. The third kappa shape index (κ3) is 4.41. The lowest BCUT2D eigenvalue weighted by Crippen LogP contribution is -2.22. The largest absolute Gasteiger partial charge is 0.497 e. The van der Waals surface area contributed by atoms with Crippen LogP contribution in [-0.4, -0.2) is 53.5 Å². The smallest absolute Gasteiger partial charge is 0.147 e. The molecule has 3 aromatic rings. The molecule has 166 valence electrons. The molecule has 1 atom stereocenters. The molecule has 2 N–H and O–H groups in total. The molecular formula is C25H24N6O2. The van der Waals surface area contributed by atoms with E-state index < -0.39 is 0 Å². The fraction of sp³-hybridized carbons (Fsp3) is 0.320. The van der Waals surface area contributed by atoms with Crippen LogP contribution in [0.5, 0.6) is 11.5 Å². The first-order valence-electron chi connectivity index (χ1n) is 10.5. The predicted molar refractivity (Wildman–Crippen MR) is 126 cm³/mol. The molecule has 1 aliphatic rings. The number of anilines is 1. The van der Waals surface area contributed by atoms with Crippen LogP contribution in [0.2, 0.25) is 0 Å². The van der Waals surface area contributed by atoms with Gasteiger partial charge in [-0.25, -0.2) is 4.98 Å². The first-order chi connectivity index (χ1) is 16.1. The number of pyridine rings is 1. The third-order valence-corrected chi connectivity index (χ3v) is 5.62. The molecule has 8 heteroatoms. The fourth-order valence-corrected chi connectivity index (χ4v) is 3.99. The van der Waals surface area contributed by atoms with Crippen molar-refractivity contribution in [3.8, 4) is 41.2 Å². The van der Waals surface area contributed by atoms with Gasteiger partial charge in [0.05, 0.1) is 43.3 Å². The summed E-state index contributed by atoms with van der Waals surface area (Å²) < 4.78 is 12.6. The molecule has 1 fully saturated rings. The van der Waals surface area contributed by atoms with Gasteiger partial charge in [0.15, 0.2) is 0 Å². The summed E-state index contributed by atoms with van der Waals surface area (Å²) in [4.78, 5) is 6.49. The zero-order valence-corrected chi connectivity index (χ0v) is 18.8. The molecule has 0 saturated carbocycles. The van der Waals surface area contributed by atoms with Crippen LogP contribution < -0.4 is 15.2 Å². The Hall–Kier alpha value is -4.19. The van der Waals surface area contributed by atoms with Crippen molar-refractivity contribution in [3.05, 3.63) is 41.2 Å². The predicted octanol–water partition coefficient (Wildman–Crippen LogP) is 2.57. The molecule has 8 nitrogen and oxygen atoms in total. The number of benzene rings is 1. The van der Waals surface area contributed by atoms with E-state index in [-0.39, 0.29) is 6.04 Å². The Morgan fingerprint density at radius 3 is 2.61 bits per heavy atom. The Balaban J connectivity index is 1.81. The van der Waals surface area contributed by atoms with Gasteiger partial charge in [0.1, 0.15) is 29.1 Å². The molecule has 0 radical (unpaired) electrons. The van der Waals surface area contributed by atoms with Crippen LogP contribution in [0, 0.1) is 35.0 Å². The van der Waals surface area contributed by atoms with Gasteiger partial charge >= 0.3 is 0 Å². The molecule has 0 bridgehead atoms. The number of nitriles is 1. The van der Waals surface area contributed by atoms with Crippen molar-refractivity contribution < 1.29 is 9.47 Å². The van der Waals surface area contributed by atoms with Crippen LogP contribution in [0.4, 0.5) is 5.82 Å². The standard InChI is InChI=1S/C25H24N6O2/c1-4-5-9-30-10-8-19(16-30)31-24-18(14-26)15-28-25(27)23(24)22(29-31)7-6-17-11-20(32-2)13-21(12-17)33-3/h11-13,15,19H,8-10,16H2,1-3H3,(H2,27,28). The van der Waals surface area contributed by atoms with Crippen LogP contribution in [0.1, 0.15) is 36.2 Å². The number of methoxy groups -OCH3 is 2. The van der Waals surface area contributed by atoms with Gasteiger partial charge in [0, 0.05) is 30.9 Å². The van der Waals surface area contributed by atoms with Crippen LogP contribution in [-0.2, 0) is 0 Å². The number of ether oxygens (including phenoxy) is 2. The quantitative estimate of drug-likeness (QED) is 0.622. The Morgan fingerprint density at radius 2 is 1.94 bits per heavy atom. The number of nitrogens with two attached hydrogens (primary N) is 1. The summed E-state index contributed by atoms with van der Waals surface area (Å²) in [6, 6.07) is 7.74. The van der Waals surface area contributed by atoms with E-state index in [0.717, 1.165) is 19.5 Å². The summed E-state index contributed by atoms with van der Waals surface area (Å²) in [6.45, 7) is 4.25. The fourth-order valence-electron chi connectivity index (χ4n) is 3.99. The second-order valence-electron chi connectivity index (χ2n) is 7.64. The summed E-state index contributed by atoms with van der Waals surface area (Å²) in [7, 11) is 3.18. The van der Waals surface area contributed by atoms with Gasteiger partial charge in [-0.2, -0.15) is 10.4 Å². The highest BCUT2D eigenvalue weighted by Gasteiger charge is 2.28. The van der Waals surface area contributed by atoms with Crippen molar-refractivity contribution in [1.82, 2.24) is 19.7 Å². The molecule has 3 heterocycles. The molecule has 0 spiro atoms. The Kier molecular flexibility index (Phi) is 6.36. The summed E-state index contributed by atoms with van der Waals surface area (Å²) in [5.74, 6) is 13.9. The lowest BCUT2D eigenvalue weighted by Gasteiger charge is -2.14. The highest BCUT2D eigenvalue weighted by atomic mass is 16.5. The summed E-state index contributed by atoms with van der Waals surface area (Å²) >= 11 is 0. The monoisotopic (exact) mass is 440 g/mol. The van der Waals surface area contributed by atoms with Crippen molar-refractivity contribution >= 4 is 16.7 Å². The normalized spacial score (nSPS) is 15.3. The van der Waals surface area contributed by atoms with E-state index in [9.17, 15) is 5.26 Å². The van der Waals surface area contributed by atoms with E-state index >= 15 is 0 Å². The van der Waals surface area contributed by atoms with Crippen molar-refractivity contribution in [2.45, 2.75) is 19.4 Å². The SMILES string of the molecule is CC#CCN1CCC(n2nc(C#Cc3cc(OC)cc(OC)c3)c3c(N)ncc(C#N)c32)C1. The van der Waals surface area contributed by atoms with E-state index in [1.807, 2.05) is 23.7 Å². The maximum absolute atomic E-state index is 9.73. The van der Waals surface area contributed by atoms with Crippen LogP contribution >= 0.6 is 0 Å². The lowest BCUT2D eigenvalue weighted by molar-refractivity contribution is 0.358. The average Bonchev–Trinajstić information content (AvgIpc) is 3.46. The number of hydrogen-bond acceptors (Lipinski definition) is 7. The number of aromatic nitrogens is 3. The number of rotatable bonds is 4. The minimum absolute atomic E-state index is 0.0903. The number of fused-ring (bicyclic) bond motifs is 1. The minimum Gasteiger partial charge on any atom is -0.497 e. The Bertz CT molecular complexity index is 1340. The van der Waals surface area contributed by atoms with Gasteiger partial charge in [0.25, 0.3) is 0 Å². The van der Waals surface area contributed by atoms with Crippen LogP contribution in [0.25, 0.3) is 10.9 Å².